The molecule has 144 valence electrons. The van der Waals surface area contributed by atoms with Crippen LogP contribution in [0, 0.1) is 6.92 Å². The lowest BCUT2D eigenvalue weighted by molar-refractivity contribution is -0.119. The van der Waals surface area contributed by atoms with E-state index in [2.05, 4.69) is 20.5 Å². The number of thioether (sulfide) groups is 1. The van der Waals surface area contributed by atoms with Crippen LogP contribution in [0.4, 0.5) is 0 Å². The highest BCUT2D eigenvalue weighted by Crippen LogP contribution is 2.26. The molecular formula is C19H19N5O3S. The SMILES string of the molecule is Cc1occc1-c1nnc(SCC(=O)N[C@H](C)c2nc3ccccc3n2C)o1. The number of hydrogen-bond donors (Lipinski definition) is 1. The first-order valence-corrected chi connectivity index (χ1v) is 9.73. The zero-order chi connectivity index (χ0) is 19.7. The van der Waals surface area contributed by atoms with Gasteiger partial charge in [0, 0.05) is 7.05 Å². The van der Waals surface area contributed by atoms with Gasteiger partial charge in [0.1, 0.15) is 11.6 Å². The van der Waals surface area contributed by atoms with Gasteiger partial charge in [-0.05, 0) is 32.0 Å². The molecule has 8 nitrogen and oxygen atoms in total. The van der Waals surface area contributed by atoms with Crippen LogP contribution in [0.5, 0.6) is 0 Å². The Labute approximate surface area is 165 Å². The van der Waals surface area contributed by atoms with Crippen LogP contribution in [0.1, 0.15) is 24.6 Å². The molecule has 1 amide bonds. The molecule has 0 bridgehead atoms. The van der Waals surface area contributed by atoms with Crippen molar-refractivity contribution in [1.29, 1.82) is 0 Å². The number of amides is 1. The smallest absolute Gasteiger partial charge is 0.277 e. The van der Waals surface area contributed by atoms with Gasteiger partial charge in [0.25, 0.3) is 11.1 Å². The molecule has 0 saturated heterocycles. The molecule has 1 atom stereocenters. The molecule has 0 fully saturated rings. The molecular weight excluding hydrogens is 378 g/mol. The molecule has 0 aliphatic carbocycles. The zero-order valence-electron chi connectivity index (χ0n) is 15.7. The Balaban J connectivity index is 1.37. The van der Waals surface area contributed by atoms with E-state index < -0.39 is 0 Å². The minimum absolute atomic E-state index is 0.135. The Kier molecular flexibility index (Phi) is 4.91. The first kappa shape index (κ1) is 18.3. The monoisotopic (exact) mass is 397 g/mol. The maximum atomic E-state index is 12.3. The van der Waals surface area contributed by atoms with E-state index in [9.17, 15) is 4.79 Å². The molecule has 28 heavy (non-hydrogen) atoms. The Morgan fingerprint density at radius 1 is 1.29 bits per heavy atom. The van der Waals surface area contributed by atoms with E-state index in [1.165, 1.54) is 11.8 Å². The normalized spacial score (nSPS) is 12.4. The van der Waals surface area contributed by atoms with E-state index >= 15 is 0 Å². The third-order valence-electron chi connectivity index (χ3n) is 4.41. The summed E-state index contributed by atoms with van der Waals surface area (Å²) in [4.78, 5) is 17.0. The molecule has 1 aromatic carbocycles. The number of aromatic nitrogens is 4. The number of imidazole rings is 1. The van der Waals surface area contributed by atoms with Gasteiger partial charge in [-0.15, -0.1) is 10.2 Å². The Bertz CT molecular complexity index is 1130. The fraction of sp³-hybridized carbons (Fsp3) is 0.263. The molecule has 4 rings (SSSR count). The summed E-state index contributed by atoms with van der Waals surface area (Å²) in [6.45, 7) is 3.73. The summed E-state index contributed by atoms with van der Waals surface area (Å²) in [6, 6.07) is 9.42. The Morgan fingerprint density at radius 2 is 2.11 bits per heavy atom. The van der Waals surface area contributed by atoms with Crippen molar-refractivity contribution < 1.29 is 13.6 Å². The Hall–Kier alpha value is -3.07. The van der Waals surface area contributed by atoms with Crippen molar-refractivity contribution in [2.24, 2.45) is 7.05 Å². The minimum Gasteiger partial charge on any atom is -0.469 e. The van der Waals surface area contributed by atoms with Crippen molar-refractivity contribution in [3.63, 3.8) is 0 Å². The summed E-state index contributed by atoms with van der Waals surface area (Å²) in [5, 5.41) is 11.3. The highest BCUT2D eigenvalue weighted by molar-refractivity contribution is 7.99. The number of nitrogens with one attached hydrogen (secondary N) is 1. The average molecular weight is 397 g/mol. The molecule has 0 aliphatic heterocycles. The summed E-state index contributed by atoms with van der Waals surface area (Å²) in [5.41, 5.74) is 2.68. The maximum Gasteiger partial charge on any atom is 0.277 e. The van der Waals surface area contributed by atoms with Gasteiger partial charge in [-0.2, -0.15) is 0 Å². The number of fused-ring (bicyclic) bond motifs is 1. The highest BCUT2D eigenvalue weighted by atomic mass is 32.2. The third-order valence-corrected chi connectivity index (χ3v) is 5.23. The van der Waals surface area contributed by atoms with Gasteiger partial charge in [0.15, 0.2) is 0 Å². The number of benzene rings is 1. The predicted octanol–water partition coefficient (Wildman–Crippen LogP) is 3.49. The first-order chi connectivity index (χ1) is 13.5. The fourth-order valence-electron chi connectivity index (χ4n) is 3.01. The first-order valence-electron chi connectivity index (χ1n) is 8.74. The van der Waals surface area contributed by atoms with Gasteiger partial charge in [-0.3, -0.25) is 4.79 Å². The quantitative estimate of drug-likeness (QED) is 0.497. The van der Waals surface area contributed by atoms with Crippen molar-refractivity contribution in [3.8, 4) is 11.5 Å². The number of hydrogen-bond acceptors (Lipinski definition) is 7. The fourth-order valence-corrected chi connectivity index (χ4v) is 3.58. The van der Waals surface area contributed by atoms with Gasteiger partial charge in [0.05, 0.1) is 34.7 Å². The second-order valence-electron chi connectivity index (χ2n) is 6.36. The minimum atomic E-state index is -0.225. The van der Waals surface area contributed by atoms with Crippen molar-refractivity contribution in [1.82, 2.24) is 25.1 Å². The van der Waals surface area contributed by atoms with E-state index in [4.69, 9.17) is 8.83 Å². The average Bonchev–Trinajstić information content (AvgIpc) is 3.39. The van der Waals surface area contributed by atoms with Crippen LogP contribution in [0.15, 0.2) is 50.7 Å². The van der Waals surface area contributed by atoms with Gasteiger partial charge >= 0.3 is 0 Å². The van der Waals surface area contributed by atoms with Crippen molar-refractivity contribution in [3.05, 3.63) is 48.2 Å². The van der Waals surface area contributed by atoms with Crippen molar-refractivity contribution in [2.45, 2.75) is 25.1 Å². The molecule has 1 N–H and O–H groups in total. The zero-order valence-corrected chi connectivity index (χ0v) is 16.5. The number of aryl methyl sites for hydroxylation is 2. The highest BCUT2D eigenvalue weighted by Gasteiger charge is 2.18. The summed E-state index contributed by atoms with van der Waals surface area (Å²) in [6.07, 6.45) is 1.57. The van der Waals surface area contributed by atoms with E-state index in [0.29, 0.717) is 16.9 Å². The lowest BCUT2D eigenvalue weighted by Gasteiger charge is -2.13. The van der Waals surface area contributed by atoms with Crippen LogP contribution in [-0.4, -0.2) is 31.4 Å². The molecule has 0 spiro atoms. The molecule has 0 saturated carbocycles. The van der Waals surface area contributed by atoms with Crippen molar-refractivity contribution in [2.75, 3.05) is 5.75 Å². The molecule has 0 unspecified atom stereocenters. The van der Waals surface area contributed by atoms with Crippen LogP contribution in [0.2, 0.25) is 0 Å². The lowest BCUT2D eigenvalue weighted by Crippen LogP contribution is -2.29. The van der Waals surface area contributed by atoms with Gasteiger partial charge in [-0.1, -0.05) is 23.9 Å². The second-order valence-corrected chi connectivity index (χ2v) is 7.29. The Morgan fingerprint density at radius 3 is 2.86 bits per heavy atom. The number of carbonyl (C=O) groups is 1. The summed E-state index contributed by atoms with van der Waals surface area (Å²) < 4.78 is 12.8. The number of furan rings is 1. The molecule has 0 aliphatic rings. The van der Waals surface area contributed by atoms with Crippen LogP contribution in [0.25, 0.3) is 22.5 Å². The van der Waals surface area contributed by atoms with Crippen molar-refractivity contribution >= 4 is 28.7 Å². The topological polar surface area (TPSA) is 99.0 Å². The van der Waals surface area contributed by atoms with E-state index in [1.54, 1.807) is 12.3 Å². The molecule has 3 aromatic heterocycles. The molecule has 0 radical (unpaired) electrons. The number of carbonyl (C=O) groups excluding carboxylic acids is 1. The van der Waals surface area contributed by atoms with E-state index in [-0.39, 0.29) is 17.7 Å². The van der Waals surface area contributed by atoms with Gasteiger partial charge < -0.3 is 18.7 Å². The van der Waals surface area contributed by atoms with Crippen LogP contribution in [0.3, 0.4) is 0 Å². The molecule has 3 heterocycles. The second kappa shape index (κ2) is 7.51. The van der Waals surface area contributed by atoms with Gasteiger partial charge in [0.2, 0.25) is 5.91 Å². The summed E-state index contributed by atoms with van der Waals surface area (Å²) >= 11 is 1.19. The predicted molar refractivity (Wildman–Crippen MR) is 105 cm³/mol. The standard InChI is InChI=1S/C19H19N5O3S/c1-11(17-21-14-6-4-5-7-15(14)24(17)3)20-16(25)10-28-19-23-22-18(27-19)13-8-9-26-12(13)2/h4-9,11H,10H2,1-3H3,(H,20,25)/t11-/m1/s1. The molecule has 4 aromatic rings. The van der Waals surface area contributed by atoms with Crippen LogP contribution >= 0.6 is 11.8 Å². The number of rotatable bonds is 6. The van der Waals surface area contributed by atoms with Crippen LogP contribution < -0.4 is 5.32 Å². The lowest BCUT2D eigenvalue weighted by atomic mass is 10.3. The molecule has 9 heteroatoms. The largest absolute Gasteiger partial charge is 0.469 e. The van der Waals surface area contributed by atoms with Crippen LogP contribution in [-0.2, 0) is 11.8 Å². The number of nitrogens with zero attached hydrogens (tertiary/aromatic N) is 4. The van der Waals surface area contributed by atoms with E-state index in [0.717, 1.165) is 22.4 Å². The maximum absolute atomic E-state index is 12.3. The number of para-hydroxylation sites is 2. The van der Waals surface area contributed by atoms with Gasteiger partial charge in [-0.25, -0.2) is 4.98 Å². The third kappa shape index (κ3) is 3.53. The summed E-state index contributed by atoms with van der Waals surface area (Å²) in [5.74, 6) is 1.91. The van der Waals surface area contributed by atoms with E-state index in [1.807, 2.05) is 49.7 Å². The summed E-state index contributed by atoms with van der Waals surface area (Å²) in [7, 11) is 1.94.